The molecule has 0 aromatic heterocycles. The van der Waals surface area contributed by atoms with Crippen molar-refractivity contribution in [2.24, 2.45) is 5.73 Å². The van der Waals surface area contributed by atoms with Crippen molar-refractivity contribution in [3.8, 4) is 0 Å². The van der Waals surface area contributed by atoms with Gasteiger partial charge in [-0.05, 0) is 19.8 Å². The van der Waals surface area contributed by atoms with E-state index in [1.807, 2.05) is 6.92 Å². The summed E-state index contributed by atoms with van der Waals surface area (Å²) < 4.78 is 0. The van der Waals surface area contributed by atoms with Gasteiger partial charge in [0.2, 0.25) is 0 Å². The zero-order chi connectivity index (χ0) is 6.69. The summed E-state index contributed by atoms with van der Waals surface area (Å²) in [4.78, 5) is 0. The summed E-state index contributed by atoms with van der Waals surface area (Å²) in [5.41, 5.74) is 7.04. The Labute approximate surface area is 57.7 Å². The fraction of sp³-hybridized carbons (Fsp3) is 0.500. The van der Waals surface area contributed by atoms with Gasteiger partial charge in [-0.1, -0.05) is 23.8 Å². The molecule has 0 heterocycles. The highest BCUT2D eigenvalue weighted by molar-refractivity contribution is 5.20. The van der Waals surface area contributed by atoms with Crippen molar-refractivity contribution in [1.82, 2.24) is 0 Å². The van der Waals surface area contributed by atoms with Crippen molar-refractivity contribution in [2.75, 3.05) is 0 Å². The predicted octanol–water partition coefficient (Wildman–Crippen LogP) is 1.86. The van der Waals surface area contributed by atoms with Crippen LogP contribution in [0.15, 0.2) is 23.8 Å². The van der Waals surface area contributed by atoms with Gasteiger partial charge >= 0.3 is 0 Å². The number of allylic oxidation sites excluding steroid dienone is 3. The normalized spacial score (nSPS) is 21.3. The lowest BCUT2D eigenvalue weighted by Crippen LogP contribution is -2.18. The lowest BCUT2D eigenvalue weighted by molar-refractivity contribution is 0.781. The molecule has 0 saturated heterocycles. The minimum absolute atomic E-state index is 0. The van der Waals surface area contributed by atoms with E-state index >= 15 is 0 Å². The SMILES string of the molecule is CC(N)C1=CC=CCC1.[HH]. The van der Waals surface area contributed by atoms with Crippen LogP contribution in [0.2, 0.25) is 0 Å². The van der Waals surface area contributed by atoms with Gasteiger partial charge in [-0.25, -0.2) is 0 Å². The number of hydrogen-bond donors (Lipinski definition) is 1. The first kappa shape index (κ1) is 6.56. The first-order valence-corrected chi connectivity index (χ1v) is 3.42. The summed E-state index contributed by atoms with van der Waals surface area (Å²) in [5, 5.41) is 0. The highest BCUT2D eigenvalue weighted by Gasteiger charge is 2.02. The molecule has 0 spiro atoms. The Kier molecular flexibility index (Phi) is 2.06. The zero-order valence-electron chi connectivity index (χ0n) is 5.80. The van der Waals surface area contributed by atoms with Crippen LogP contribution in [0.3, 0.4) is 0 Å². The first-order valence-electron chi connectivity index (χ1n) is 3.42. The largest absolute Gasteiger partial charge is 0.324 e. The predicted molar refractivity (Wildman–Crippen MR) is 42.2 cm³/mol. The zero-order valence-corrected chi connectivity index (χ0v) is 5.80. The molecule has 0 aromatic carbocycles. The van der Waals surface area contributed by atoms with Crippen LogP contribution in [-0.2, 0) is 0 Å². The van der Waals surface area contributed by atoms with E-state index in [4.69, 9.17) is 5.73 Å². The quantitative estimate of drug-likeness (QED) is 0.568. The molecule has 0 aromatic rings. The summed E-state index contributed by atoms with van der Waals surface area (Å²) in [6.45, 7) is 2.03. The second-order valence-electron chi connectivity index (χ2n) is 2.50. The summed E-state index contributed by atoms with van der Waals surface area (Å²) >= 11 is 0. The van der Waals surface area contributed by atoms with Crippen molar-refractivity contribution in [3.63, 3.8) is 0 Å². The summed E-state index contributed by atoms with van der Waals surface area (Å²) in [6.07, 6.45) is 8.68. The van der Waals surface area contributed by atoms with E-state index in [9.17, 15) is 0 Å². The summed E-state index contributed by atoms with van der Waals surface area (Å²) in [6, 6.07) is 0.245. The van der Waals surface area contributed by atoms with E-state index in [0.717, 1.165) is 12.8 Å². The van der Waals surface area contributed by atoms with Gasteiger partial charge in [-0.15, -0.1) is 0 Å². The van der Waals surface area contributed by atoms with Crippen LogP contribution in [0.25, 0.3) is 0 Å². The van der Waals surface area contributed by atoms with Crippen LogP contribution in [-0.4, -0.2) is 6.04 Å². The molecular formula is C8H15N. The molecule has 2 N–H and O–H groups in total. The lowest BCUT2D eigenvalue weighted by atomic mass is 10.00. The summed E-state index contributed by atoms with van der Waals surface area (Å²) in [7, 11) is 0. The molecule has 0 saturated carbocycles. The Morgan fingerprint density at radius 2 is 2.56 bits per heavy atom. The van der Waals surface area contributed by atoms with Crippen LogP contribution < -0.4 is 5.73 Å². The molecule has 1 unspecified atom stereocenters. The molecule has 1 atom stereocenters. The Morgan fingerprint density at radius 3 is 2.89 bits per heavy atom. The van der Waals surface area contributed by atoms with Gasteiger partial charge in [0.05, 0.1) is 0 Å². The molecule has 1 nitrogen and oxygen atoms in total. The Hall–Kier alpha value is -0.560. The maximum atomic E-state index is 5.66. The molecule has 52 valence electrons. The van der Waals surface area contributed by atoms with E-state index in [2.05, 4.69) is 18.2 Å². The van der Waals surface area contributed by atoms with Gasteiger partial charge in [0.25, 0.3) is 0 Å². The number of hydrogen-bond acceptors (Lipinski definition) is 1. The molecular weight excluding hydrogens is 110 g/mol. The van der Waals surface area contributed by atoms with Crippen molar-refractivity contribution in [1.29, 1.82) is 0 Å². The van der Waals surface area contributed by atoms with Crippen molar-refractivity contribution >= 4 is 0 Å². The molecule has 9 heavy (non-hydrogen) atoms. The highest BCUT2D eigenvalue weighted by atomic mass is 14.6. The third kappa shape index (κ3) is 1.68. The van der Waals surface area contributed by atoms with Crippen molar-refractivity contribution in [2.45, 2.75) is 25.8 Å². The third-order valence-electron chi connectivity index (χ3n) is 1.63. The van der Waals surface area contributed by atoms with Gasteiger partial charge < -0.3 is 5.73 Å². The highest BCUT2D eigenvalue weighted by Crippen LogP contribution is 2.13. The van der Waals surface area contributed by atoms with E-state index < -0.39 is 0 Å². The Balaban J connectivity index is 0.000000810. The molecule has 0 aliphatic heterocycles. The molecule has 0 bridgehead atoms. The third-order valence-corrected chi connectivity index (χ3v) is 1.63. The van der Waals surface area contributed by atoms with Gasteiger partial charge in [0, 0.05) is 7.47 Å². The van der Waals surface area contributed by atoms with Crippen LogP contribution in [0.1, 0.15) is 21.2 Å². The number of rotatable bonds is 1. The second kappa shape index (κ2) is 2.83. The van der Waals surface area contributed by atoms with E-state index in [-0.39, 0.29) is 7.47 Å². The first-order chi connectivity index (χ1) is 4.30. The topological polar surface area (TPSA) is 26.0 Å². The monoisotopic (exact) mass is 125 g/mol. The molecule has 0 amide bonds. The second-order valence-corrected chi connectivity index (χ2v) is 2.50. The molecule has 0 radical (unpaired) electrons. The van der Waals surface area contributed by atoms with Gasteiger partial charge in [-0.3, -0.25) is 0 Å². The lowest BCUT2D eigenvalue weighted by Gasteiger charge is -2.11. The van der Waals surface area contributed by atoms with E-state index in [1.54, 1.807) is 0 Å². The molecule has 0 fully saturated rings. The smallest absolute Gasteiger partial charge is 0.0227 e. The molecule has 1 heteroatoms. The molecule has 1 aliphatic carbocycles. The van der Waals surface area contributed by atoms with Crippen molar-refractivity contribution in [3.05, 3.63) is 23.8 Å². The Morgan fingerprint density at radius 1 is 1.78 bits per heavy atom. The van der Waals surface area contributed by atoms with Crippen LogP contribution in [0, 0.1) is 0 Å². The average molecular weight is 125 g/mol. The van der Waals surface area contributed by atoms with E-state index in [0.29, 0.717) is 0 Å². The van der Waals surface area contributed by atoms with Gasteiger partial charge in [-0.2, -0.15) is 0 Å². The van der Waals surface area contributed by atoms with Crippen molar-refractivity contribution < 1.29 is 1.43 Å². The fourth-order valence-corrected chi connectivity index (χ4v) is 1.00. The van der Waals surface area contributed by atoms with Crippen LogP contribution >= 0.6 is 0 Å². The minimum Gasteiger partial charge on any atom is -0.324 e. The summed E-state index contributed by atoms with van der Waals surface area (Å²) in [5.74, 6) is 0. The molecule has 1 aliphatic rings. The van der Waals surface area contributed by atoms with Crippen LogP contribution in [0.5, 0.6) is 0 Å². The maximum Gasteiger partial charge on any atom is 0.0227 e. The Bertz CT molecular complexity index is 147. The van der Waals surface area contributed by atoms with Gasteiger partial charge in [0.1, 0.15) is 0 Å². The maximum absolute atomic E-state index is 5.66. The number of nitrogens with two attached hydrogens (primary N) is 1. The van der Waals surface area contributed by atoms with Gasteiger partial charge in [0.15, 0.2) is 0 Å². The fourth-order valence-electron chi connectivity index (χ4n) is 1.00. The average Bonchev–Trinajstić information content (AvgIpc) is 1.90. The van der Waals surface area contributed by atoms with Crippen LogP contribution in [0.4, 0.5) is 0 Å². The van der Waals surface area contributed by atoms with E-state index in [1.165, 1.54) is 5.57 Å². The minimum atomic E-state index is 0. The standard InChI is InChI=1S/C8H13N.H2/c1-7(9)8-5-3-2-4-6-8;/h2-3,5,7H,4,6,9H2,1H3;1H. The molecule has 1 rings (SSSR count).